The van der Waals surface area contributed by atoms with Gasteiger partial charge in [-0.1, -0.05) is 50.3 Å². The molecule has 2 aliphatic rings. The number of nitrogens with zero attached hydrogens (tertiary/aromatic N) is 2. The molecule has 1 aliphatic heterocycles. The molecule has 1 fully saturated rings. The molecule has 1 heterocycles. The average molecular weight is 374 g/mol. The molecule has 0 bridgehead atoms. The van der Waals surface area contributed by atoms with Gasteiger partial charge in [0.1, 0.15) is 0 Å². The van der Waals surface area contributed by atoms with Gasteiger partial charge in [0, 0.05) is 24.9 Å². The van der Waals surface area contributed by atoms with Gasteiger partial charge in [-0.15, -0.1) is 0 Å². The Morgan fingerprint density at radius 3 is 2.67 bits per heavy atom. The van der Waals surface area contributed by atoms with Crippen molar-refractivity contribution in [2.24, 2.45) is 10.8 Å². The first kappa shape index (κ1) is 19.5. The monoisotopic (exact) mass is 374 g/mol. The highest BCUT2D eigenvalue weighted by Gasteiger charge is 2.52. The van der Waals surface area contributed by atoms with Crippen LogP contribution >= 0.6 is 0 Å². The quantitative estimate of drug-likeness (QED) is 0.883. The third-order valence-electron chi connectivity index (χ3n) is 5.69. The number of aliphatic hydroxyl groups excluding tert-OH is 1. The number of aliphatic hydroxyl groups is 1. The first-order valence-electron chi connectivity index (χ1n) is 9.11. The van der Waals surface area contributed by atoms with E-state index in [1.54, 1.807) is 36.4 Å². The number of benzene rings is 1. The van der Waals surface area contributed by atoms with Crippen molar-refractivity contribution in [2.45, 2.75) is 45.1 Å². The summed E-state index contributed by atoms with van der Waals surface area (Å²) < 4.78 is 29.1. The molecular weight excluding hydrogens is 350 g/mol. The summed E-state index contributed by atoms with van der Waals surface area (Å²) in [6.45, 7) is 4.10. The van der Waals surface area contributed by atoms with Crippen LogP contribution in [0.2, 0.25) is 0 Å². The Kier molecular flexibility index (Phi) is 4.85. The third kappa shape index (κ3) is 3.74. The molecule has 144 valence electrons. The average Bonchev–Trinajstić information content (AvgIpc) is 3.00. The zero-order valence-corrected chi connectivity index (χ0v) is 15.6. The molecule has 3 rings (SSSR count). The van der Waals surface area contributed by atoms with Crippen LogP contribution in [0.5, 0.6) is 0 Å². The molecule has 1 N–H and O–H groups in total. The summed E-state index contributed by atoms with van der Waals surface area (Å²) in [6, 6.07) is 10.3. The first-order valence-corrected chi connectivity index (χ1v) is 9.11. The zero-order chi connectivity index (χ0) is 19.9. The Morgan fingerprint density at radius 1 is 1.37 bits per heavy atom. The second kappa shape index (κ2) is 6.72. The van der Waals surface area contributed by atoms with E-state index in [2.05, 4.69) is 0 Å². The van der Waals surface area contributed by atoms with Crippen molar-refractivity contribution in [3.8, 4) is 6.07 Å². The number of carbonyl (C=O) groups excluding carboxylic acids is 1. The molecule has 0 radical (unpaired) electrons. The van der Waals surface area contributed by atoms with E-state index < -0.39 is 35.2 Å². The van der Waals surface area contributed by atoms with E-state index in [1.165, 1.54) is 4.90 Å². The van der Waals surface area contributed by atoms with Gasteiger partial charge < -0.3 is 10.0 Å². The lowest BCUT2D eigenvalue weighted by atomic mass is 9.63. The molecule has 1 aliphatic carbocycles. The molecular formula is C21H24F2N2O2. The second-order valence-corrected chi connectivity index (χ2v) is 8.49. The fourth-order valence-electron chi connectivity index (χ4n) is 4.47. The maximum atomic E-state index is 14.6. The van der Waals surface area contributed by atoms with Crippen molar-refractivity contribution in [3.63, 3.8) is 0 Å². The van der Waals surface area contributed by atoms with Crippen LogP contribution < -0.4 is 0 Å². The van der Waals surface area contributed by atoms with E-state index in [0.717, 1.165) is 0 Å². The van der Waals surface area contributed by atoms with Gasteiger partial charge in [0.2, 0.25) is 0 Å². The number of carbonyl (C=O) groups is 1. The summed E-state index contributed by atoms with van der Waals surface area (Å²) in [5.74, 6) is -4.64. The number of rotatable bonds is 3. The van der Waals surface area contributed by atoms with Crippen LogP contribution in [0.4, 0.5) is 8.78 Å². The van der Waals surface area contributed by atoms with E-state index in [0.29, 0.717) is 18.4 Å². The minimum atomic E-state index is -3.47. The number of hydrogen-bond donors (Lipinski definition) is 1. The van der Waals surface area contributed by atoms with Gasteiger partial charge in [0.05, 0.1) is 17.7 Å². The van der Waals surface area contributed by atoms with Gasteiger partial charge in [-0.25, -0.2) is 0 Å². The molecule has 6 heteroatoms. The van der Waals surface area contributed by atoms with E-state index >= 15 is 0 Å². The van der Waals surface area contributed by atoms with E-state index in [9.17, 15) is 23.9 Å². The number of likely N-dealkylation sites (tertiary alicyclic amines) is 1. The van der Waals surface area contributed by atoms with Crippen LogP contribution in [-0.2, 0) is 11.2 Å². The van der Waals surface area contributed by atoms with Crippen LogP contribution in [0, 0.1) is 22.2 Å². The summed E-state index contributed by atoms with van der Waals surface area (Å²) in [4.78, 5) is 13.7. The smallest absolute Gasteiger partial charge is 0.328 e. The number of halogens is 2. The van der Waals surface area contributed by atoms with Crippen molar-refractivity contribution in [1.82, 2.24) is 4.90 Å². The van der Waals surface area contributed by atoms with Gasteiger partial charge in [-0.05, 0) is 23.8 Å². The predicted octanol–water partition coefficient (Wildman–Crippen LogP) is 3.32. The highest BCUT2D eigenvalue weighted by molar-refractivity contribution is 5.84. The van der Waals surface area contributed by atoms with Crippen molar-refractivity contribution >= 4 is 5.91 Å². The first-order chi connectivity index (χ1) is 12.6. The Hall–Kier alpha value is -2.26. The lowest BCUT2D eigenvalue weighted by molar-refractivity contribution is -0.156. The standard InChI is InChI=1S/C21H24F2N2O2/c1-19(2)13-20(11-16(12-24)17(19)26)8-9-25(14-20)18(27)21(22,23)10-15-6-4-3-5-7-15/h3-7,11,17,26H,8-10,13-14H2,1-2H3/t17-,20-/m1/s1. The fraction of sp³-hybridized carbons (Fsp3) is 0.524. The fourth-order valence-corrected chi connectivity index (χ4v) is 4.47. The van der Waals surface area contributed by atoms with E-state index in [-0.39, 0.29) is 18.7 Å². The van der Waals surface area contributed by atoms with Gasteiger partial charge in [0.15, 0.2) is 0 Å². The molecule has 0 saturated carbocycles. The van der Waals surface area contributed by atoms with E-state index in [1.807, 2.05) is 19.9 Å². The van der Waals surface area contributed by atoms with Crippen LogP contribution in [0.15, 0.2) is 42.0 Å². The SMILES string of the molecule is CC1(C)C[C@]2(C=C(C#N)[C@H]1O)CCN(C(=O)C(F)(F)Cc1ccccc1)C2. The minimum Gasteiger partial charge on any atom is -0.387 e. The second-order valence-electron chi connectivity index (χ2n) is 8.49. The van der Waals surface area contributed by atoms with Gasteiger partial charge in [-0.3, -0.25) is 4.79 Å². The summed E-state index contributed by atoms with van der Waals surface area (Å²) >= 11 is 0. The van der Waals surface area contributed by atoms with Crippen molar-refractivity contribution in [2.75, 3.05) is 13.1 Å². The molecule has 4 nitrogen and oxygen atoms in total. The Morgan fingerprint density at radius 2 is 2.04 bits per heavy atom. The van der Waals surface area contributed by atoms with Crippen molar-refractivity contribution in [3.05, 3.63) is 47.5 Å². The van der Waals surface area contributed by atoms with Crippen LogP contribution in [-0.4, -0.2) is 41.0 Å². The van der Waals surface area contributed by atoms with Crippen molar-refractivity contribution < 1.29 is 18.7 Å². The molecule has 1 aromatic rings. The van der Waals surface area contributed by atoms with Crippen LogP contribution in [0.3, 0.4) is 0 Å². The van der Waals surface area contributed by atoms with Gasteiger partial charge in [0.25, 0.3) is 5.91 Å². The van der Waals surface area contributed by atoms with Crippen molar-refractivity contribution in [1.29, 1.82) is 5.26 Å². The third-order valence-corrected chi connectivity index (χ3v) is 5.69. The van der Waals surface area contributed by atoms with Gasteiger partial charge in [-0.2, -0.15) is 14.0 Å². The Bertz CT molecular complexity index is 798. The number of nitriles is 1. The molecule has 1 saturated heterocycles. The molecule has 1 amide bonds. The normalized spacial score (nSPS) is 27.3. The summed E-state index contributed by atoms with van der Waals surface area (Å²) in [7, 11) is 0. The topological polar surface area (TPSA) is 64.3 Å². The molecule has 0 aromatic heterocycles. The lowest BCUT2D eigenvalue weighted by Crippen LogP contribution is -2.46. The van der Waals surface area contributed by atoms with Crippen LogP contribution in [0.1, 0.15) is 32.3 Å². The summed E-state index contributed by atoms with van der Waals surface area (Å²) in [5.41, 5.74) is -0.410. The maximum Gasteiger partial charge on any atom is 0.328 e. The maximum absolute atomic E-state index is 14.6. The lowest BCUT2D eigenvalue weighted by Gasteiger charge is -2.43. The molecule has 0 unspecified atom stereocenters. The minimum absolute atomic E-state index is 0.150. The number of alkyl halides is 2. The molecule has 27 heavy (non-hydrogen) atoms. The zero-order valence-electron chi connectivity index (χ0n) is 15.6. The Balaban J connectivity index is 1.78. The highest BCUT2D eigenvalue weighted by Crippen LogP contribution is 2.50. The molecule has 1 aromatic carbocycles. The molecule has 2 atom stereocenters. The van der Waals surface area contributed by atoms with Gasteiger partial charge >= 0.3 is 5.92 Å². The highest BCUT2D eigenvalue weighted by atomic mass is 19.3. The molecule has 1 spiro atoms. The largest absolute Gasteiger partial charge is 0.387 e. The Labute approximate surface area is 158 Å². The number of amides is 1. The number of hydrogen-bond acceptors (Lipinski definition) is 3. The summed E-state index contributed by atoms with van der Waals surface area (Å²) in [6.07, 6.45) is 1.25. The van der Waals surface area contributed by atoms with E-state index in [4.69, 9.17) is 0 Å². The summed E-state index contributed by atoms with van der Waals surface area (Å²) in [5, 5.41) is 19.6. The predicted molar refractivity (Wildman–Crippen MR) is 96.8 cm³/mol. The van der Waals surface area contributed by atoms with Crippen LogP contribution in [0.25, 0.3) is 0 Å².